The summed E-state index contributed by atoms with van der Waals surface area (Å²) in [6.45, 7) is 4.86. The van der Waals surface area contributed by atoms with Gasteiger partial charge in [-0.05, 0) is 32.4 Å². The fourth-order valence-corrected chi connectivity index (χ4v) is 3.06. The lowest BCUT2D eigenvalue weighted by atomic mass is 9.96. The van der Waals surface area contributed by atoms with Gasteiger partial charge in [0.2, 0.25) is 5.91 Å². The highest BCUT2D eigenvalue weighted by Crippen LogP contribution is 2.34. The zero-order chi connectivity index (χ0) is 15.0. The number of amides is 1. The molecule has 0 spiro atoms. The Balaban J connectivity index is 2.37. The largest absolute Gasteiger partial charge is 0.385 e. The van der Waals surface area contributed by atoms with Crippen molar-refractivity contribution in [2.24, 2.45) is 0 Å². The average Bonchev–Trinajstić information content (AvgIpc) is 2.50. The Morgan fingerprint density at radius 1 is 1.55 bits per heavy atom. The van der Waals surface area contributed by atoms with Crippen LogP contribution in [0.4, 0.5) is 0 Å². The van der Waals surface area contributed by atoms with Crippen molar-refractivity contribution in [2.75, 3.05) is 39.6 Å². The van der Waals surface area contributed by atoms with E-state index in [-0.39, 0.29) is 16.7 Å². The normalized spacial score (nSPS) is 20.1. The van der Waals surface area contributed by atoms with Crippen molar-refractivity contribution >= 4 is 17.7 Å². The minimum Gasteiger partial charge on any atom is -0.385 e. The number of carbonyl (C=O) groups is 1. The van der Waals surface area contributed by atoms with E-state index in [1.54, 1.807) is 18.9 Å². The van der Waals surface area contributed by atoms with E-state index in [2.05, 4.69) is 16.3 Å². The lowest BCUT2D eigenvalue weighted by Gasteiger charge is -2.38. The summed E-state index contributed by atoms with van der Waals surface area (Å²) in [6.07, 6.45) is 4.47. The molecule has 1 heterocycles. The number of carbonyl (C=O) groups excluding carboxylic acids is 1. The van der Waals surface area contributed by atoms with Crippen LogP contribution in [0.2, 0.25) is 0 Å². The van der Waals surface area contributed by atoms with Crippen LogP contribution in [0.15, 0.2) is 0 Å². The van der Waals surface area contributed by atoms with Crippen LogP contribution in [0, 0.1) is 11.3 Å². The van der Waals surface area contributed by atoms with E-state index in [1.165, 1.54) is 0 Å². The minimum absolute atomic E-state index is 0.0645. The van der Waals surface area contributed by atoms with E-state index in [0.29, 0.717) is 13.2 Å². The molecule has 1 atom stereocenters. The third-order valence-corrected chi connectivity index (χ3v) is 5.23. The van der Waals surface area contributed by atoms with Crippen molar-refractivity contribution in [3.63, 3.8) is 0 Å². The summed E-state index contributed by atoms with van der Waals surface area (Å²) in [5, 5.41) is 12.2. The summed E-state index contributed by atoms with van der Waals surface area (Å²) >= 11 is 1.63. The van der Waals surface area contributed by atoms with E-state index in [4.69, 9.17) is 4.74 Å². The number of nitriles is 1. The SMILES string of the molecule is COCCCNC(=O)C(C)N1CCC(C#N)(SC)CC1. The molecular weight excluding hydrogens is 274 g/mol. The highest BCUT2D eigenvalue weighted by atomic mass is 32.2. The summed E-state index contributed by atoms with van der Waals surface area (Å²) < 4.78 is 4.69. The predicted octanol–water partition coefficient (Wildman–Crippen LogP) is 1.25. The Bertz CT molecular complexity index is 349. The smallest absolute Gasteiger partial charge is 0.237 e. The number of hydrogen-bond acceptors (Lipinski definition) is 5. The van der Waals surface area contributed by atoms with Crippen LogP contribution in [-0.2, 0) is 9.53 Å². The third kappa shape index (κ3) is 4.65. The highest BCUT2D eigenvalue weighted by molar-refractivity contribution is 8.00. The molecule has 5 nitrogen and oxygen atoms in total. The van der Waals surface area contributed by atoms with Gasteiger partial charge in [0.15, 0.2) is 0 Å². The van der Waals surface area contributed by atoms with Crippen LogP contribution in [0.5, 0.6) is 0 Å². The molecule has 1 aliphatic rings. The lowest BCUT2D eigenvalue weighted by molar-refractivity contribution is -0.126. The summed E-state index contributed by atoms with van der Waals surface area (Å²) in [7, 11) is 1.66. The van der Waals surface area contributed by atoms with Gasteiger partial charge in [-0.1, -0.05) is 0 Å². The van der Waals surface area contributed by atoms with Crippen LogP contribution in [0.3, 0.4) is 0 Å². The summed E-state index contributed by atoms with van der Waals surface area (Å²) in [6, 6.07) is 2.30. The number of likely N-dealkylation sites (tertiary alicyclic amines) is 1. The zero-order valence-electron chi connectivity index (χ0n) is 12.6. The van der Waals surface area contributed by atoms with E-state index in [9.17, 15) is 10.1 Å². The summed E-state index contributed by atoms with van der Waals surface area (Å²) in [4.78, 5) is 14.2. The number of nitrogens with zero attached hydrogens (tertiary/aromatic N) is 2. The van der Waals surface area contributed by atoms with Gasteiger partial charge in [-0.15, -0.1) is 11.8 Å². The molecule has 114 valence electrons. The van der Waals surface area contributed by atoms with Crippen molar-refractivity contribution in [1.29, 1.82) is 5.26 Å². The average molecular weight is 299 g/mol. The van der Waals surface area contributed by atoms with Gasteiger partial charge in [-0.25, -0.2) is 0 Å². The van der Waals surface area contributed by atoms with Crippen molar-refractivity contribution in [3.8, 4) is 6.07 Å². The fourth-order valence-electron chi connectivity index (χ4n) is 2.38. The first-order chi connectivity index (χ1) is 9.58. The second-order valence-electron chi connectivity index (χ2n) is 5.16. The Hall–Kier alpha value is -0.770. The number of methoxy groups -OCH3 is 1. The maximum absolute atomic E-state index is 12.0. The molecule has 0 radical (unpaired) electrons. The molecule has 1 unspecified atom stereocenters. The number of rotatable bonds is 7. The molecule has 0 aromatic carbocycles. The summed E-state index contributed by atoms with van der Waals surface area (Å²) in [5.74, 6) is 0.0645. The molecule has 1 rings (SSSR count). The van der Waals surface area contributed by atoms with Crippen molar-refractivity contribution in [1.82, 2.24) is 10.2 Å². The first-order valence-corrected chi connectivity index (χ1v) is 8.28. The second-order valence-corrected chi connectivity index (χ2v) is 6.35. The Kier molecular flexibility index (Phi) is 7.35. The lowest BCUT2D eigenvalue weighted by Crippen LogP contribution is -2.51. The fraction of sp³-hybridized carbons (Fsp3) is 0.857. The number of thioether (sulfide) groups is 1. The molecule has 1 aliphatic heterocycles. The molecule has 0 bridgehead atoms. The molecular formula is C14H25N3O2S. The van der Waals surface area contributed by atoms with Gasteiger partial charge < -0.3 is 10.1 Å². The second kappa shape index (κ2) is 8.50. The highest BCUT2D eigenvalue weighted by Gasteiger charge is 2.36. The van der Waals surface area contributed by atoms with Crippen LogP contribution in [0.1, 0.15) is 26.2 Å². The van der Waals surface area contributed by atoms with E-state index >= 15 is 0 Å². The number of piperidine rings is 1. The van der Waals surface area contributed by atoms with Crippen LogP contribution < -0.4 is 5.32 Å². The number of nitrogens with one attached hydrogen (secondary N) is 1. The van der Waals surface area contributed by atoms with Gasteiger partial charge in [0, 0.05) is 33.4 Å². The third-order valence-electron chi connectivity index (χ3n) is 3.95. The first kappa shape index (κ1) is 17.3. The van der Waals surface area contributed by atoms with E-state index < -0.39 is 0 Å². The monoisotopic (exact) mass is 299 g/mol. The molecule has 0 aromatic heterocycles. The van der Waals surface area contributed by atoms with E-state index in [0.717, 1.165) is 32.4 Å². The molecule has 1 fully saturated rings. The standard InChI is InChI=1S/C14H25N3O2S/c1-12(13(18)16-7-4-10-19-2)17-8-5-14(11-15,20-3)6-9-17/h12H,4-10H2,1-3H3,(H,16,18). The van der Waals surface area contributed by atoms with Gasteiger partial charge in [0.25, 0.3) is 0 Å². The maximum Gasteiger partial charge on any atom is 0.237 e. The van der Waals surface area contributed by atoms with Crippen molar-refractivity contribution in [3.05, 3.63) is 0 Å². The van der Waals surface area contributed by atoms with Gasteiger partial charge >= 0.3 is 0 Å². The first-order valence-electron chi connectivity index (χ1n) is 7.05. The summed E-state index contributed by atoms with van der Waals surface area (Å²) in [5.41, 5.74) is 0. The molecule has 0 saturated carbocycles. The molecule has 20 heavy (non-hydrogen) atoms. The van der Waals surface area contributed by atoms with Crippen LogP contribution in [-0.4, -0.2) is 61.2 Å². The minimum atomic E-state index is -0.259. The van der Waals surface area contributed by atoms with E-state index in [1.807, 2.05) is 13.2 Å². The van der Waals surface area contributed by atoms with Crippen molar-refractivity contribution in [2.45, 2.75) is 37.0 Å². The van der Waals surface area contributed by atoms with Gasteiger partial charge in [0.1, 0.15) is 4.75 Å². The van der Waals surface area contributed by atoms with Gasteiger partial charge in [0.05, 0.1) is 12.1 Å². The Morgan fingerprint density at radius 2 is 2.20 bits per heavy atom. The van der Waals surface area contributed by atoms with Gasteiger partial charge in [-0.2, -0.15) is 5.26 Å². The van der Waals surface area contributed by atoms with Crippen LogP contribution in [0.25, 0.3) is 0 Å². The molecule has 1 saturated heterocycles. The number of hydrogen-bond donors (Lipinski definition) is 1. The van der Waals surface area contributed by atoms with Crippen LogP contribution >= 0.6 is 11.8 Å². The molecule has 0 aliphatic carbocycles. The maximum atomic E-state index is 12.0. The quantitative estimate of drug-likeness (QED) is 0.717. The molecule has 6 heteroatoms. The topological polar surface area (TPSA) is 65.4 Å². The zero-order valence-corrected chi connectivity index (χ0v) is 13.5. The molecule has 1 amide bonds. The Labute approximate surface area is 126 Å². The molecule has 1 N–H and O–H groups in total. The van der Waals surface area contributed by atoms with Crippen molar-refractivity contribution < 1.29 is 9.53 Å². The Morgan fingerprint density at radius 3 is 2.70 bits per heavy atom. The molecule has 0 aromatic rings. The predicted molar refractivity (Wildman–Crippen MR) is 81.6 cm³/mol. The number of ether oxygens (including phenoxy) is 1. The van der Waals surface area contributed by atoms with Gasteiger partial charge in [-0.3, -0.25) is 9.69 Å².